The van der Waals surface area contributed by atoms with E-state index in [2.05, 4.69) is 32.1 Å². The summed E-state index contributed by atoms with van der Waals surface area (Å²) in [5.74, 6) is 2.12. The molecule has 0 heterocycles. The van der Waals surface area contributed by atoms with Gasteiger partial charge < -0.3 is 14.2 Å². The summed E-state index contributed by atoms with van der Waals surface area (Å²) < 4.78 is 17.4. The number of hydrogen-bond acceptors (Lipinski definition) is 3. The fraction of sp³-hybridized carbons (Fsp3) is 0.333. The molecule has 0 bridgehead atoms. The first kappa shape index (κ1) is 20.6. The van der Waals surface area contributed by atoms with Gasteiger partial charge in [-0.3, -0.25) is 0 Å². The summed E-state index contributed by atoms with van der Waals surface area (Å²) in [7, 11) is 1.66. The van der Waals surface area contributed by atoms with Crippen molar-refractivity contribution in [1.82, 2.24) is 0 Å². The van der Waals surface area contributed by atoms with Gasteiger partial charge in [0.2, 0.25) is 0 Å². The van der Waals surface area contributed by atoms with Crippen LogP contribution in [0.5, 0.6) is 11.5 Å². The zero-order valence-electron chi connectivity index (χ0n) is 16.6. The van der Waals surface area contributed by atoms with Gasteiger partial charge in [0.1, 0.15) is 6.26 Å². The first-order chi connectivity index (χ1) is 13.3. The van der Waals surface area contributed by atoms with Gasteiger partial charge in [-0.15, -0.1) is 0 Å². The summed E-state index contributed by atoms with van der Waals surface area (Å²) in [4.78, 5) is 0. The molecule has 2 rings (SSSR count). The van der Waals surface area contributed by atoms with E-state index in [0.29, 0.717) is 18.1 Å². The lowest BCUT2D eigenvalue weighted by atomic mass is 10.1. The maximum atomic E-state index is 5.98. The van der Waals surface area contributed by atoms with Crippen molar-refractivity contribution in [2.45, 2.75) is 39.5 Å². The van der Waals surface area contributed by atoms with Crippen LogP contribution >= 0.6 is 0 Å². The smallest absolute Gasteiger partial charge is 0.168 e. The Morgan fingerprint density at radius 2 is 1.78 bits per heavy atom. The van der Waals surface area contributed by atoms with Gasteiger partial charge in [-0.2, -0.15) is 0 Å². The van der Waals surface area contributed by atoms with Gasteiger partial charge in [0, 0.05) is 5.56 Å². The van der Waals surface area contributed by atoms with Crippen molar-refractivity contribution in [3.05, 3.63) is 78.1 Å². The van der Waals surface area contributed by atoms with Crippen LogP contribution in [-0.4, -0.2) is 13.7 Å². The molecular formula is C24H30O3. The van der Waals surface area contributed by atoms with Gasteiger partial charge in [0.25, 0.3) is 0 Å². The molecule has 0 unspecified atom stereocenters. The molecule has 0 radical (unpaired) electrons. The van der Waals surface area contributed by atoms with E-state index >= 15 is 0 Å². The van der Waals surface area contributed by atoms with Crippen LogP contribution in [0.15, 0.2) is 66.9 Å². The van der Waals surface area contributed by atoms with Gasteiger partial charge in [0.15, 0.2) is 17.3 Å². The van der Waals surface area contributed by atoms with Crippen molar-refractivity contribution in [3.8, 4) is 11.5 Å². The third-order valence-corrected chi connectivity index (χ3v) is 4.06. The summed E-state index contributed by atoms with van der Waals surface area (Å²) in [6.07, 6.45) is 9.98. The Labute approximate surface area is 163 Å². The highest BCUT2D eigenvalue weighted by Crippen LogP contribution is 2.29. The predicted octanol–water partition coefficient (Wildman–Crippen LogP) is 6.40. The largest absolute Gasteiger partial charge is 0.493 e. The van der Waals surface area contributed by atoms with E-state index in [9.17, 15) is 0 Å². The zero-order valence-corrected chi connectivity index (χ0v) is 16.6. The van der Waals surface area contributed by atoms with Crippen molar-refractivity contribution >= 4 is 5.76 Å². The number of ether oxygens (including phenoxy) is 3. The third-order valence-electron chi connectivity index (χ3n) is 4.06. The molecule has 144 valence electrons. The highest BCUT2D eigenvalue weighted by Gasteiger charge is 2.08. The SMILES string of the molecule is CC/C=C\CCO/C(=C/Oc1ccc(CCC)cc1OC)c1ccccc1. The molecule has 2 aromatic rings. The van der Waals surface area contributed by atoms with E-state index in [1.165, 1.54) is 5.56 Å². The molecule has 0 amide bonds. The quantitative estimate of drug-likeness (QED) is 0.262. The Hall–Kier alpha value is -2.68. The monoisotopic (exact) mass is 366 g/mol. The summed E-state index contributed by atoms with van der Waals surface area (Å²) in [5, 5.41) is 0. The minimum absolute atomic E-state index is 0.604. The lowest BCUT2D eigenvalue weighted by Crippen LogP contribution is -1.98. The lowest BCUT2D eigenvalue weighted by molar-refractivity contribution is 0.273. The van der Waals surface area contributed by atoms with Gasteiger partial charge in [-0.25, -0.2) is 0 Å². The molecule has 27 heavy (non-hydrogen) atoms. The predicted molar refractivity (Wildman–Crippen MR) is 112 cm³/mol. The van der Waals surface area contributed by atoms with Gasteiger partial charge in [0.05, 0.1) is 13.7 Å². The molecule has 0 saturated heterocycles. The van der Waals surface area contributed by atoms with Crippen LogP contribution in [0.3, 0.4) is 0 Å². The van der Waals surface area contributed by atoms with E-state index in [4.69, 9.17) is 14.2 Å². The number of methoxy groups -OCH3 is 1. The number of hydrogen-bond donors (Lipinski definition) is 0. The molecule has 0 aliphatic rings. The minimum Gasteiger partial charge on any atom is -0.493 e. The second-order valence-electron chi connectivity index (χ2n) is 6.22. The standard InChI is InChI=1S/C24H30O3/c1-4-6-7-11-17-26-24(21-13-9-8-10-14-21)19-27-22-16-15-20(12-5-2)18-23(22)25-3/h6-10,13-16,18-19H,4-5,11-12,17H2,1-3H3/b7-6-,24-19+. The van der Waals surface area contributed by atoms with Crippen LogP contribution in [0.1, 0.15) is 44.2 Å². The number of aryl methyl sites for hydroxylation is 1. The molecule has 0 spiro atoms. The Morgan fingerprint density at radius 1 is 0.963 bits per heavy atom. The Bertz CT molecular complexity index is 733. The van der Waals surface area contributed by atoms with Crippen molar-refractivity contribution in [1.29, 1.82) is 0 Å². The Balaban J connectivity index is 2.15. The van der Waals surface area contributed by atoms with Crippen molar-refractivity contribution in [3.63, 3.8) is 0 Å². The van der Waals surface area contributed by atoms with Crippen LogP contribution in [0.2, 0.25) is 0 Å². The molecule has 0 aromatic heterocycles. The van der Waals surface area contributed by atoms with E-state index in [0.717, 1.165) is 37.0 Å². The summed E-state index contributed by atoms with van der Waals surface area (Å²) >= 11 is 0. The molecule has 0 aliphatic heterocycles. The normalized spacial score (nSPS) is 11.6. The van der Waals surface area contributed by atoms with Crippen LogP contribution < -0.4 is 9.47 Å². The molecular weight excluding hydrogens is 336 g/mol. The summed E-state index contributed by atoms with van der Waals surface area (Å²) in [5.41, 5.74) is 2.23. The summed E-state index contributed by atoms with van der Waals surface area (Å²) in [6, 6.07) is 16.1. The Morgan fingerprint density at radius 3 is 2.48 bits per heavy atom. The maximum absolute atomic E-state index is 5.98. The lowest BCUT2D eigenvalue weighted by Gasteiger charge is -2.13. The summed E-state index contributed by atoms with van der Waals surface area (Å²) in [6.45, 7) is 4.89. The van der Waals surface area contributed by atoms with Crippen LogP contribution in [0.25, 0.3) is 5.76 Å². The average molecular weight is 367 g/mol. The zero-order chi connectivity index (χ0) is 19.3. The average Bonchev–Trinajstić information content (AvgIpc) is 2.71. The first-order valence-electron chi connectivity index (χ1n) is 9.65. The fourth-order valence-electron chi connectivity index (χ4n) is 2.68. The fourth-order valence-corrected chi connectivity index (χ4v) is 2.68. The van der Waals surface area contributed by atoms with E-state index in [-0.39, 0.29) is 0 Å². The second-order valence-corrected chi connectivity index (χ2v) is 6.22. The molecule has 2 aromatic carbocycles. The van der Waals surface area contributed by atoms with Gasteiger partial charge in [-0.1, -0.05) is 68.8 Å². The van der Waals surface area contributed by atoms with E-state index in [1.807, 2.05) is 42.5 Å². The van der Waals surface area contributed by atoms with Crippen LogP contribution in [-0.2, 0) is 11.2 Å². The number of benzene rings is 2. The second kappa shape index (κ2) is 11.8. The van der Waals surface area contributed by atoms with E-state index < -0.39 is 0 Å². The molecule has 0 atom stereocenters. The molecule has 3 nitrogen and oxygen atoms in total. The molecule has 0 saturated carbocycles. The highest BCUT2D eigenvalue weighted by molar-refractivity contribution is 5.59. The van der Waals surface area contributed by atoms with Crippen molar-refractivity contribution < 1.29 is 14.2 Å². The minimum atomic E-state index is 0.604. The third kappa shape index (κ3) is 6.86. The maximum Gasteiger partial charge on any atom is 0.168 e. The molecule has 0 N–H and O–H groups in total. The molecule has 3 heteroatoms. The van der Waals surface area contributed by atoms with Crippen molar-refractivity contribution in [2.75, 3.05) is 13.7 Å². The first-order valence-corrected chi connectivity index (χ1v) is 9.65. The number of rotatable bonds is 11. The number of allylic oxidation sites excluding steroid dienone is 1. The topological polar surface area (TPSA) is 27.7 Å². The van der Waals surface area contributed by atoms with Crippen molar-refractivity contribution in [2.24, 2.45) is 0 Å². The highest BCUT2D eigenvalue weighted by atomic mass is 16.5. The van der Waals surface area contributed by atoms with Crippen LogP contribution in [0, 0.1) is 0 Å². The van der Waals surface area contributed by atoms with Gasteiger partial charge in [-0.05, 0) is 37.0 Å². The van der Waals surface area contributed by atoms with E-state index in [1.54, 1.807) is 13.4 Å². The Kier molecular flexibility index (Phi) is 9.05. The van der Waals surface area contributed by atoms with Gasteiger partial charge >= 0.3 is 0 Å². The van der Waals surface area contributed by atoms with Crippen LogP contribution in [0.4, 0.5) is 0 Å². The molecule has 0 aliphatic carbocycles. The molecule has 0 fully saturated rings.